The summed E-state index contributed by atoms with van der Waals surface area (Å²) in [7, 11) is 1.81. The molecule has 0 fully saturated rings. The number of hydrogen-bond donors (Lipinski definition) is 2. The van der Waals surface area contributed by atoms with Crippen LogP contribution in [-0.2, 0) is 11.2 Å². The van der Waals surface area contributed by atoms with Crippen LogP contribution in [0.5, 0.6) is 0 Å². The first-order valence-corrected chi connectivity index (χ1v) is 4.79. The Morgan fingerprint density at radius 2 is 2.29 bits per heavy atom. The monoisotopic (exact) mass is 190 g/mol. The summed E-state index contributed by atoms with van der Waals surface area (Å²) in [4.78, 5) is 11.6. The van der Waals surface area contributed by atoms with Gasteiger partial charge in [0.05, 0.1) is 6.04 Å². The second kappa shape index (κ2) is 3.42. The normalized spacial score (nSPS) is 20.1. The number of carbonyl (C=O) groups is 1. The number of para-hydroxylation sites is 1. The van der Waals surface area contributed by atoms with E-state index in [1.165, 1.54) is 5.56 Å². The molecule has 2 N–H and O–H groups in total. The molecule has 1 atom stereocenters. The highest BCUT2D eigenvalue weighted by Crippen LogP contribution is 2.25. The largest absolute Gasteiger partial charge is 0.324 e. The number of hydrogen-bond acceptors (Lipinski definition) is 2. The number of amides is 1. The summed E-state index contributed by atoms with van der Waals surface area (Å²) < 4.78 is 0. The molecule has 1 aliphatic heterocycles. The lowest BCUT2D eigenvalue weighted by Crippen LogP contribution is -2.43. The number of rotatable bonds is 1. The standard InChI is InChI=1S/C11H14N2O/c1-7-4-3-5-8-6-9(12-2)11(14)13-10(7)8/h3-5,9,12H,6H2,1-2H3,(H,13,14). The van der Waals surface area contributed by atoms with Gasteiger partial charge in [0.2, 0.25) is 5.91 Å². The van der Waals surface area contributed by atoms with Gasteiger partial charge >= 0.3 is 0 Å². The van der Waals surface area contributed by atoms with Crippen molar-refractivity contribution >= 4 is 11.6 Å². The minimum absolute atomic E-state index is 0.0642. The molecule has 14 heavy (non-hydrogen) atoms. The summed E-state index contributed by atoms with van der Waals surface area (Å²) in [6.07, 6.45) is 0.777. The molecular weight excluding hydrogens is 176 g/mol. The zero-order chi connectivity index (χ0) is 10.1. The summed E-state index contributed by atoms with van der Waals surface area (Å²) in [5, 5.41) is 5.93. The van der Waals surface area contributed by atoms with Gasteiger partial charge in [-0.25, -0.2) is 0 Å². The van der Waals surface area contributed by atoms with E-state index >= 15 is 0 Å². The number of benzene rings is 1. The molecule has 74 valence electrons. The maximum atomic E-state index is 11.6. The van der Waals surface area contributed by atoms with E-state index in [4.69, 9.17) is 0 Å². The average molecular weight is 190 g/mol. The van der Waals surface area contributed by atoms with E-state index in [0.29, 0.717) is 0 Å². The number of likely N-dealkylation sites (N-methyl/N-ethyl adjacent to an activating group) is 1. The van der Waals surface area contributed by atoms with Gasteiger partial charge in [-0.05, 0) is 31.5 Å². The van der Waals surface area contributed by atoms with Crippen LogP contribution in [0.4, 0.5) is 5.69 Å². The Morgan fingerprint density at radius 1 is 1.50 bits per heavy atom. The molecule has 3 nitrogen and oxygen atoms in total. The molecule has 1 aromatic rings. The molecule has 0 radical (unpaired) electrons. The number of fused-ring (bicyclic) bond motifs is 1. The lowest BCUT2D eigenvalue weighted by molar-refractivity contribution is -0.118. The fourth-order valence-electron chi connectivity index (χ4n) is 1.83. The fourth-order valence-corrected chi connectivity index (χ4v) is 1.83. The minimum Gasteiger partial charge on any atom is -0.324 e. The highest BCUT2D eigenvalue weighted by Gasteiger charge is 2.24. The second-order valence-electron chi connectivity index (χ2n) is 3.64. The zero-order valence-corrected chi connectivity index (χ0v) is 8.42. The van der Waals surface area contributed by atoms with Crippen LogP contribution < -0.4 is 10.6 Å². The predicted octanol–water partition coefficient (Wildman–Crippen LogP) is 1.08. The van der Waals surface area contributed by atoms with E-state index < -0.39 is 0 Å². The lowest BCUT2D eigenvalue weighted by Gasteiger charge is -2.25. The Morgan fingerprint density at radius 3 is 3.00 bits per heavy atom. The van der Waals surface area contributed by atoms with Crippen LogP contribution in [0.25, 0.3) is 0 Å². The van der Waals surface area contributed by atoms with E-state index in [9.17, 15) is 4.79 Å². The zero-order valence-electron chi connectivity index (χ0n) is 8.42. The molecule has 1 heterocycles. The first-order valence-electron chi connectivity index (χ1n) is 4.79. The van der Waals surface area contributed by atoms with Crippen LogP contribution in [0, 0.1) is 6.92 Å². The van der Waals surface area contributed by atoms with Crippen LogP contribution in [0.15, 0.2) is 18.2 Å². The van der Waals surface area contributed by atoms with Crippen molar-refractivity contribution in [3.05, 3.63) is 29.3 Å². The lowest BCUT2D eigenvalue weighted by atomic mass is 9.96. The van der Waals surface area contributed by atoms with Crippen molar-refractivity contribution in [2.24, 2.45) is 0 Å². The Labute approximate surface area is 83.5 Å². The highest BCUT2D eigenvalue weighted by molar-refractivity contribution is 5.98. The van der Waals surface area contributed by atoms with Crippen LogP contribution in [0.2, 0.25) is 0 Å². The van der Waals surface area contributed by atoms with Crippen LogP contribution >= 0.6 is 0 Å². The van der Waals surface area contributed by atoms with Gasteiger partial charge in [-0.2, -0.15) is 0 Å². The summed E-state index contributed by atoms with van der Waals surface area (Å²) in [6, 6.07) is 6.01. The number of nitrogens with one attached hydrogen (secondary N) is 2. The summed E-state index contributed by atoms with van der Waals surface area (Å²) in [6.45, 7) is 2.01. The van der Waals surface area contributed by atoms with Crippen molar-refractivity contribution in [2.75, 3.05) is 12.4 Å². The Hall–Kier alpha value is -1.35. The quantitative estimate of drug-likeness (QED) is 0.695. The van der Waals surface area contributed by atoms with E-state index in [1.54, 1.807) is 0 Å². The molecule has 3 heteroatoms. The molecular formula is C11H14N2O. The van der Waals surface area contributed by atoms with Crippen molar-refractivity contribution < 1.29 is 4.79 Å². The van der Waals surface area contributed by atoms with Crippen LogP contribution in [-0.4, -0.2) is 19.0 Å². The maximum Gasteiger partial charge on any atom is 0.241 e. The van der Waals surface area contributed by atoms with Crippen molar-refractivity contribution in [1.82, 2.24) is 5.32 Å². The van der Waals surface area contributed by atoms with Crippen molar-refractivity contribution in [1.29, 1.82) is 0 Å². The molecule has 0 aliphatic carbocycles. The first kappa shape index (κ1) is 9.21. The number of anilines is 1. The SMILES string of the molecule is CNC1Cc2cccc(C)c2NC1=O. The molecule has 1 aliphatic rings. The Bertz CT molecular complexity index is 374. The minimum atomic E-state index is -0.0932. The van der Waals surface area contributed by atoms with Crippen molar-refractivity contribution in [2.45, 2.75) is 19.4 Å². The highest BCUT2D eigenvalue weighted by atomic mass is 16.2. The van der Waals surface area contributed by atoms with Crippen LogP contribution in [0.3, 0.4) is 0 Å². The van der Waals surface area contributed by atoms with E-state index in [1.807, 2.05) is 26.1 Å². The topological polar surface area (TPSA) is 41.1 Å². The number of aryl methyl sites for hydroxylation is 1. The molecule has 1 amide bonds. The average Bonchev–Trinajstić information content (AvgIpc) is 2.19. The predicted molar refractivity (Wildman–Crippen MR) is 56.4 cm³/mol. The molecule has 0 bridgehead atoms. The molecule has 2 rings (SSSR count). The maximum absolute atomic E-state index is 11.6. The van der Waals surface area contributed by atoms with Gasteiger partial charge in [0, 0.05) is 5.69 Å². The smallest absolute Gasteiger partial charge is 0.241 e. The van der Waals surface area contributed by atoms with Gasteiger partial charge < -0.3 is 10.6 Å². The Balaban J connectivity index is 2.40. The number of carbonyl (C=O) groups excluding carboxylic acids is 1. The fraction of sp³-hybridized carbons (Fsp3) is 0.364. The molecule has 1 aromatic carbocycles. The third-order valence-corrected chi connectivity index (χ3v) is 2.70. The Kier molecular flexibility index (Phi) is 2.25. The molecule has 0 saturated carbocycles. The molecule has 0 aromatic heterocycles. The van der Waals surface area contributed by atoms with Gasteiger partial charge in [0.15, 0.2) is 0 Å². The summed E-state index contributed by atoms with van der Waals surface area (Å²) in [5.41, 5.74) is 3.33. The van der Waals surface area contributed by atoms with Gasteiger partial charge in [-0.1, -0.05) is 18.2 Å². The molecule has 0 saturated heterocycles. The van der Waals surface area contributed by atoms with Gasteiger partial charge in [-0.15, -0.1) is 0 Å². The van der Waals surface area contributed by atoms with Gasteiger partial charge in [0.25, 0.3) is 0 Å². The first-order chi connectivity index (χ1) is 6.72. The molecule has 0 spiro atoms. The van der Waals surface area contributed by atoms with Crippen LogP contribution in [0.1, 0.15) is 11.1 Å². The van der Waals surface area contributed by atoms with Crippen molar-refractivity contribution in [3.8, 4) is 0 Å². The van der Waals surface area contributed by atoms with E-state index in [0.717, 1.165) is 17.7 Å². The third kappa shape index (κ3) is 1.40. The van der Waals surface area contributed by atoms with Crippen molar-refractivity contribution in [3.63, 3.8) is 0 Å². The second-order valence-corrected chi connectivity index (χ2v) is 3.64. The summed E-state index contributed by atoms with van der Waals surface area (Å²) in [5.74, 6) is 0.0642. The summed E-state index contributed by atoms with van der Waals surface area (Å²) >= 11 is 0. The van der Waals surface area contributed by atoms with Gasteiger partial charge in [0.1, 0.15) is 0 Å². The van der Waals surface area contributed by atoms with Gasteiger partial charge in [-0.3, -0.25) is 4.79 Å². The molecule has 1 unspecified atom stereocenters. The van der Waals surface area contributed by atoms with E-state index in [2.05, 4.69) is 16.7 Å². The van der Waals surface area contributed by atoms with E-state index in [-0.39, 0.29) is 11.9 Å². The third-order valence-electron chi connectivity index (χ3n) is 2.70.